The minimum atomic E-state index is 0.546. The van der Waals surface area contributed by atoms with E-state index in [4.69, 9.17) is 8.94 Å². The van der Waals surface area contributed by atoms with Gasteiger partial charge < -0.3 is 8.94 Å². The van der Waals surface area contributed by atoms with E-state index in [1.54, 1.807) is 12.4 Å². The van der Waals surface area contributed by atoms with Crippen molar-refractivity contribution in [2.45, 2.75) is 31.9 Å². The lowest BCUT2D eigenvalue weighted by atomic mass is 10.1. The summed E-state index contributed by atoms with van der Waals surface area (Å²) in [5.74, 6) is 2.57. The molecule has 0 amide bonds. The molecule has 3 heterocycles. The molecular formula is C20H19N5O2S. The van der Waals surface area contributed by atoms with Gasteiger partial charge >= 0.3 is 0 Å². The second-order valence-electron chi connectivity index (χ2n) is 6.37. The monoisotopic (exact) mass is 393 g/mol. The quantitative estimate of drug-likeness (QED) is 0.334. The first-order chi connectivity index (χ1) is 13.7. The molecule has 0 spiro atoms. The van der Waals surface area contributed by atoms with Crippen molar-refractivity contribution in [2.75, 3.05) is 5.75 Å². The van der Waals surface area contributed by atoms with Gasteiger partial charge in [0.2, 0.25) is 17.6 Å². The summed E-state index contributed by atoms with van der Waals surface area (Å²) in [7, 11) is 0. The van der Waals surface area contributed by atoms with E-state index in [9.17, 15) is 0 Å². The number of aryl methyl sites for hydroxylation is 3. The molecule has 0 radical (unpaired) electrons. The van der Waals surface area contributed by atoms with Crippen LogP contribution >= 0.6 is 11.8 Å². The summed E-state index contributed by atoms with van der Waals surface area (Å²) in [4.78, 5) is 8.41. The predicted molar refractivity (Wildman–Crippen MR) is 106 cm³/mol. The SMILES string of the molecule is Cc1ccc(-c2nnc(SCCCc3nc(-c4ccncc4)no3)o2)cc1C. The van der Waals surface area contributed by atoms with Gasteiger partial charge in [0.25, 0.3) is 5.22 Å². The topological polar surface area (TPSA) is 90.7 Å². The molecule has 142 valence electrons. The molecule has 0 bridgehead atoms. The van der Waals surface area contributed by atoms with Gasteiger partial charge in [0, 0.05) is 35.7 Å². The van der Waals surface area contributed by atoms with Crippen molar-refractivity contribution in [3.8, 4) is 22.8 Å². The highest BCUT2D eigenvalue weighted by Gasteiger charge is 2.11. The molecule has 0 atom stereocenters. The number of hydrogen-bond donors (Lipinski definition) is 0. The number of rotatable bonds is 7. The number of hydrogen-bond acceptors (Lipinski definition) is 8. The normalized spacial score (nSPS) is 11.1. The number of thioether (sulfide) groups is 1. The Kier molecular flexibility index (Phi) is 5.48. The Balaban J connectivity index is 1.29. The van der Waals surface area contributed by atoms with E-state index in [1.807, 2.05) is 18.2 Å². The maximum Gasteiger partial charge on any atom is 0.276 e. The van der Waals surface area contributed by atoms with Crippen molar-refractivity contribution < 1.29 is 8.94 Å². The van der Waals surface area contributed by atoms with E-state index in [0.29, 0.717) is 29.2 Å². The largest absolute Gasteiger partial charge is 0.411 e. The Morgan fingerprint density at radius 3 is 2.64 bits per heavy atom. The average molecular weight is 393 g/mol. The first-order valence-electron chi connectivity index (χ1n) is 8.96. The van der Waals surface area contributed by atoms with Crippen LogP contribution in [-0.2, 0) is 6.42 Å². The van der Waals surface area contributed by atoms with Crippen molar-refractivity contribution in [3.63, 3.8) is 0 Å². The van der Waals surface area contributed by atoms with Gasteiger partial charge in [-0.15, -0.1) is 10.2 Å². The Morgan fingerprint density at radius 1 is 0.964 bits per heavy atom. The molecular weight excluding hydrogens is 374 g/mol. The van der Waals surface area contributed by atoms with E-state index < -0.39 is 0 Å². The number of pyridine rings is 1. The zero-order valence-electron chi connectivity index (χ0n) is 15.6. The molecule has 4 aromatic rings. The molecule has 1 aromatic carbocycles. The van der Waals surface area contributed by atoms with Gasteiger partial charge in [-0.1, -0.05) is 23.0 Å². The minimum absolute atomic E-state index is 0.546. The molecule has 7 nitrogen and oxygen atoms in total. The summed E-state index contributed by atoms with van der Waals surface area (Å²) < 4.78 is 11.1. The van der Waals surface area contributed by atoms with E-state index in [0.717, 1.165) is 23.3 Å². The lowest BCUT2D eigenvalue weighted by Crippen LogP contribution is -1.89. The van der Waals surface area contributed by atoms with Gasteiger partial charge in [0.15, 0.2) is 0 Å². The number of aromatic nitrogens is 5. The molecule has 0 fully saturated rings. The summed E-state index contributed by atoms with van der Waals surface area (Å²) >= 11 is 1.53. The fourth-order valence-corrected chi connectivity index (χ4v) is 3.32. The third kappa shape index (κ3) is 4.28. The second-order valence-corrected chi connectivity index (χ2v) is 7.42. The van der Waals surface area contributed by atoms with Crippen molar-refractivity contribution in [2.24, 2.45) is 0 Å². The Hall–Kier alpha value is -3.00. The van der Waals surface area contributed by atoms with E-state index in [1.165, 1.54) is 22.9 Å². The molecule has 0 aliphatic heterocycles. The highest BCUT2D eigenvalue weighted by molar-refractivity contribution is 7.99. The van der Waals surface area contributed by atoms with Crippen LogP contribution in [0, 0.1) is 13.8 Å². The molecule has 0 saturated carbocycles. The van der Waals surface area contributed by atoms with E-state index >= 15 is 0 Å². The Bertz CT molecular complexity index is 1060. The molecule has 4 rings (SSSR count). The smallest absolute Gasteiger partial charge is 0.276 e. The van der Waals surface area contributed by atoms with Crippen LogP contribution in [0.5, 0.6) is 0 Å². The highest BCUT2D eigenvalue weighted by Crippen LogP contribution is 2.25. The minimum Gasteiger partial charge on any atom is -0.411 e. The average Bonchev–Trinajstić information content (AvgIpc) is 3.38. The van der Waals surface area contributed by atoms with Gasteiger partial charge in [-0.25, -0.2) is 0 Å². The lowest BCUT2D eigenvalue weighted by molar-refractivity contribution is 0.378. The van der Waals surface area contributed by atoms with Gasteiger partial charge in [0.05, 0.1) is 0 Å². The summed E-state index contributed by atoms with van der Waals surface area (Å²) in [6.07, 6.45) is 4.98. The fraction of sp³-hybridized carbons (Fsp3) is 0.250. The van der Waals surface area contributed by atoms with Crippen LogP contribution in [-0.4, -0.2) is 31.1 Å². The molecule has 8 heteroatoms. The first kappa shape index (κ1) is 18.4. The first-order valence-corrected chi connectivity index (χ1v) is 9.94. The second kappa shape index (κ2) is 8.35. The zero-order valence-corrected chi connectivity index (χ0v) is 16.4. The van der Waals surface area contributed by atoms with Gasteiger partial charge in [-0.2, -0.15) is 4.98 Å². The number of benzene rings is 1. The third-order valence-corrected chi connectivity index (χ3v) is 5.23. The van der Waals surface area contributed by atoms with Gasteiger partial charge in [0.1, 0.15) is 0 Å². The Morgan fingerprint density at radius 2 is 1.82 bits per heavy atom. The maximum absolute atomic E-state index is 5.76. The number of nitrogens with zero attached hydrogens (tertiary/aromatic N) is 5. The zero-order chi connectivity index (χ0) is 19.3. The van der Waals surface area contributed by atoms with Gasteiger partial charge in [-0.05, 0) is 55.7 Å². The molecule has 0 N–H and O–H groups in total. The van der Waals surface area contributed by atoms with Crippen LogP contribution in [0.1, 0.15) is 23.4 Å². The summed E-state index contributed by atoms with van der Waals surface area (Å²) in [6, 6.07) is 9.83. The van der Waals surface area contributed by atoms with Crippen molar-refractivity contribution >= 4 is 11.8 Å². The molecule has 0 aliphatic rings. The summed E-state index contributed by atoms with van der Waals surface area (Å²) in [5.41, 5.74) is 4.28. The molecule has 28 heavy (non-hydrogen) atoms. The summed E-state index contributed by atoms with van der Waals surface area (Å²) in [6.45, 7) is 4.15. The molecule has 0 saturated heterocycles. The summed E-state index contributed by atoms with van der Waals surface area (Å²) in [5, 5.41) is 12.8. The van der Waals surface area contributed by atoms with Crippen molar-refractivity contribution in [3.05, 3.63) is 59.7 Å². The van der Waals surface area contributed by atoms with Crippen molar-refractivity contribution in [1.29, 1.82) is 0 Å². The van der Waals surface area contributed by atoms with Crippen LogP contribution in [0.25, 0.3) is 22.8 Å². The molecule has 3 aromatic heterocycles. The molecule has 0 unspecified atom stereocenters. The predicted octanol–water partition coefficient (Wildman–Crippen LogP) is 4.52. The van der Waals surface area contributed by atoms with Crippen LogP contribution in [0.3, 0.4) is 0 Å². The lowest BCUT2D eigenvalue weighted by Gasteiger charge is -2.00. The van der Waals surface area contributed by atoms with Crippen molar-refractivity contribution in [1.82, 2.24) is 25.3 Å². The maximum atomic E-state index is 5.76. The van der Waals surface area contributed by atoms with Crippen LogP contribution in [0.15, 0.2) is 56.9 Å². The van der Waals surface area contributed by atoms with Crippen LogP contribution < -0.4 is 0 Å². The van der Waals surface area contributed by atoms with Gasteiger partial charge in [-0.3, -0.25) is 4.98 Å². The van der Waals surface area contributed by atoms with E-state index in [-0.39, 0.29) is 0 Å². The fourth-order valence-electron chi connectivity index (χ4n) is 2.62. The van der Waals surface area contributed by atoms with Crippen LogP contribution in [0.2, 0.25) is 0 Å². The molecule has 0 aliphatic carbocycles. The standard InChI is InChI=1S/C20H19N5O2S/c1-13-5-6-16(12-14(13)2)19-23-24-20(26-19)28-11-3-4-17-22-18(25-27-17)15-7-9-21-10-8-15/h5-10,12H,3-4,11H2,1-2H3. The van der Waals surface area contributed by atoms with E-state index in [2.05, 4.69) is 51.3 Å². The van der Waals surface area contributed by atoms with Crippen LogP contribution in [0.4, 0.5) is 0 Å². The third-order valence-electron chi connectivity index (χ3n) is 4.33. The highest BCUT2D eigenvalue weighted by atomic mass is 32.2. The Labute approximate surface area is 166 Å².